The molecule has 102 valence electrons. The van der Waals surface area contributed by atoms with Gasteiger partial charge in [-0.25, -0.2) is 0 Å². The van der Waals surface area contributed by atoms with Crippen LogP contribution in [0.15, 0.2) is 5.11 Å². The number of carbonyl (C=O) groups is 1. The zero-order chi connectivity index (χ0) is 13.8. The zero-order valence-corrected chi connectivity index (χ0v) is 11.8. The lowest BCUT2D eigenvalue weighted by molar-refractivity contribution is -0.162. The molecule has 0 radical (unpaired) electrons. The van der Waals surface area contributed by atoms with Crippen molar-refractivity contribution in [3.8, 4) is 0 Å². The van der Waals surface area contributed by atoms with E-state index in [4.69, 9.17) is 10.3 Å². The van der Waals surface area contributed by atoms with E-state index in [1.165, 1.54) is 0 Å². The van der Waals surface area contributed by atoms with Crippen LogP contribution in [-0.2, 0) is 9.53 Å². The molecule has 1 saturated carbocycles. The largest absolute Gasteiger partial charge is 0.460 e. The van der Waals surface area contributed by atoms with Gasteiger partial charge in [-0.05, 0) is 52.0 Å². The maximum Gasteiger partial charge on any atom is 0.312 e. The fourth-order valence-electron chi connectivity index (χ4n) is 1.98. The first kappa shape index (κ1) is 14.8. The van der Waals surface area contributed by atoms with Gasteiger partial charge < -0.3 is 4.74 Å². The number of nitrogens with zero attached hydrogens (tertiary/aromatic N) is 3. The SMILES string of the molecule is CC(CCCC1(C(=O)OC(C)(C)C)CC1)N=[N+]=[N-]. The quantitative estimate of drug-likeness (QED) is 0.311. The molecule has 18 heavy (non-hydrogen) atoms. The second-order valence-corrected chi connectivity index (χ2v) is 6.23. The summed E-state index contributed by atoms with van der Waals surface area (Å²) in [5.74, 6) is -0.0635. The summed E-state index contributed by atoms with van der Waals surface area (Å²) in [6, 6.07) is 0.00411. The number of rotatable bonds is 6. The Morgan fingerprint density at radius 1 is 1.50 bits per heavy atom. The van der Waals surface area contributed by atoms with E-state index in [1.54, 1.807) is 0 Å². The van der Waals surface area contributed by atoms with Crippen molar-refractivity contribution < 1.29 is 9.53 Å². The molecule has 5 heteroatoms. The molecule has 0 aromatic rings. The third-order valence-corrected chi connectivity index (χ3v) is 3.21. The van der Waals surface area contributed by atoms with Crippen LogP contribution >= 0.6 is 0 Å². The van der Waals surface area contributed by atoms with Crippen LogP contribution < -0.4 is 0 Å². The van der Waals surface area contributed by atoms with Crippen molar-refractivity contribution >= 4 is 5.97 Å². The third kappa shape index (κ3) is 4.57. The smallest absolute Gasteiger partial charge is 0.312 e. The molecule has 1 unspecified atom stereocenters. The van der Waals surface area contributed by atoms with Crippen molar-refractivity contribution in [2.24, 2.45) is 10.5 Å². The van der Waals surface area contributed by atoms with Gasteiger partial charge in [0.1, 0.15) is 5.60 Å². The normalized spacial score (nSPS) is 18.7. The number of hydrogen-bond donors (Lipinski definition) is 0. The van der Waals surface area contributed by atoms with Gasteiger partial charge in [0.25, 0.3) is 0 Å². The summed E-state index contributed by atoms with van der Waals surface area (Å²) >= 11 is 0. The van der Waals surface area contributed by atoms with Gasteiger partial charge in [-0.15, -0.1) is 0 Å². The monoisotopic (exact) mass is 253 g/mol. The molecule has 1 aliphatic carbocycles. The van der Waals surface area contributed by atoms with Gasteiger partial charge in [0.05, 0.1) is 5.41 Å². The van der Waals surface area contributed by atoms with Crippen LogP contribution in [0.2, 0.25) is 0 Å². The molecule has 0 saturated heterocycles. The molecule has 0 aliphatic heterocycles. The molecule has 0 amide bonds. The highest BCUT2D eigenvalue weighted by molar-refractivity contribution is 5.80. The summed E-state index contributed by atoms with van der Waals surface area (Å²) in [7, 11) is 0. The molecular weight excluding hydrogens is 230 g/mol. The molecule has 1 rings (SSSR count). The van der Waals surface area contributed by atoms with Crippen LogP contribution in [0.5, 0.6) is 0 Å². The Morgan fingerprint density at radius 3 is 2.56 bits per heavy atom. The van der Waals surface area contributed by atoms with Crippen molar-refractivity contribution in [2.75, 3.05) is 0 Å². The standard InChI is InChI=1S/C13H23N3O2/c1-10(15-16-14)6-5-7-13(8-9-13)11(17)18-12(2,3)4/h10H,5-9H2,1-4H3. The molecule has 0 aromatic heterocycles. The van der Waals surface area contributed by atoms with Crippen molar-refractivity contribution in [1.82, 2.24) is 0 Å². The highest BCUT2D eigenvalue weighted by Crippen LogP contribution is 2.51. The van der Waals surface area contributed by atoms with Crippen molar-refractivity contribution in [3.05, 3.63) is 10.4 Å². The van der Waals surface area contributed by atoms with Gasteiger partial charge in [-0.3, -0.25) is 4.79 Å². The topological polar surface area (TPSA) is 75.1 Å². The highest BCUT2D eigenvalue weighted by atomic mass is 16.6. The molecule has 0 spiro atoms. The second kappa shape index (κ2) is 5.61. The number of azide groups is 1. The molecule has 0 bridgehead atoms. The lowest BCUT2D eigenvalue weighted by Crippen LogP contribution is -2.29. The first-order valence-electron chi connectivity index (χ1n) is 6.57. The second-order valence-electron chi connectivity index (χ2n) is 6.23. The summed E-state index contributed by atoms with van der Waals surface area (Å²) in [4.78, 5) is 14.8. The Bertz CT molecular complexity index is 350. The average Bonchev–Trinajstić information content (AvgIpc) is 2.96. The maximum absolute atomic E-state index is 12.0. The van der Waals surface area contributed by atoms with Gasteiger partial charge in [-0.2, -0.15) is 0 Å². The molecule has 1 fully saturated rings. The van der Waals surface area contributed by atoms with Gasteiger partial charge >= 0.3 is 5.97 Å². The van der Waals surface area contributed by atoms with Crippen LogP contribution in [0.3, 0.4) is 0 Å². The van der Waals surface area contributed by atoms with Gasteiger partial charge in [-0.1, -0.05) is 18.5 Å². The van der Waals surface area contributed by atoms with Crippen LogP contribution in [0.25, 0.3) is 10.4 Å². The third-order valence-electron chi connectivity index (χ3n) is 3.21. The molecule has 0 aromatic carbocycles. The van der Waals surface area contributed by atoms with Gasteiger partial charge in [0, 0.05) is 11.0 Å². The summed E-state index contributed by atoms with van der Waals surface area (Å²) in [6.45, 7) is 7.58. The van der Waals surface area contributed by atoms with E-state index in [2.05, 4.69) is 10.0 Å². The van der Waals surface area contributed by atoms with E-state index in [9.17, 15) is 4.79 Å². The Kier molecular flexibility index (Phi) is 4.63. The fourth-order valence-corrected chi connectivity index (χ4v) is 1.98. The molecule has 1 aliphatic rings. The van der Waals surface area contributed by atoms with Crippen molar-refractivity contribution in [2.45, 2.75) is 71.4 Å². The van der Waals surface area contributed by atoms with E-state index in [0.29, 0.717) is 0 Å². The van der Waals surface area contributed by atoms with Crippen LogP contribution in [0.1, 0.15) is 59.8 Å². The van der Waals surface area contributed by atoms with Crippen LogP contribution in [0, 0.1) is 5.41 Å². The van der Waals surface area contributed by atoms with E-state index < -0.39 is 5.60 Å². The van der Waals surface area contributed by atoms with E-state index in [-0.39, 0.29) is 17.4 Å². The summed E-state index contributed by atoms with van der Waals surface area (Å²) < 4.78 is 5.45. The summed E-state index contributed by atoms with van der Waals surface area (Å²) in [5, 5.41) is 3.63. The van der Waals surface area contributed by atoms with E-state index in [1.807, 2.05) is 27.7 Å². The lowest BCUT2D eigenvalue weighted by atomic mass is 9.97. The van der Waals surface area contributed by atoms with Crippen LogP contribution in [-0.4, -0.2) is 17.6 Å². The fraction of sp³-hybridized carbons (Fsp3) is 0.923. The molecule has 0 heterocycles. The van der Waals surface area contributed by atoms with Crippen molar-refractivity contribution in [3.63, 3.8) is 0 Å². The average molecular weight is 253 g/mol. The Morgan fingerprint density at radius 2 is 2.11 bits per heavy atom. The van der Waals surface area contributed by atoms with E-state index in [0.717, 1.165) is 32.1 Å². The number of esters is 1. The number of hydrogen-bond acceptors (Lipinski definition) is 3. The minimum Gasteiger partial charge on any atom is -0.460 e. The maximum atomic E-state index is 12.0. The number of ether oxygens (including phenoxy) is 1. The van der Waals surface area contributed by atoms with Crippen LogP contribution in [0.4, 0.5) is 0 Å². The lowest BCUT2D eigenvalue weighted by Gasteiger charge is -2.23. The summed E-state index contributed by atoms with van der Waals surface area (Å²) in [6.07, 6.45) is 4.43. The molecular formula is C13H23N3O2. The minimum atomic E-state index is -0.412. The molecule has 5 nitrogen and oxygen atoms in total. The Hall–Kier alpha value is -1.22. The predicted molar refractivity (Wildman–Crippen MR) is 70.0 cm³/mol. The number of carbonyl (C=O) groups excluding carboxylic acids is 1. The Labute approximate surface area is 109 Å². The Balaban J connectivity index is 2.37. The van der Waals surface area contributed by atoms with Gasteiger partial charge in [0.2, 0.25) is 0 Å². The molecule has 0 N–H and O–H groups in total. The first-order valence-corrected chi connectivity index (χ1v) is 6.57. The minimum absolute atomic E-state index is 0.00411. The van der Waals surface area contributed by atoms with Crippen molar-refractivity contribution in [1.29, 1.82) is 0 Å². The molecule has 1 atom stereocenters. The highest BCUT2D eigenvalue weighted by Gasteiger charge is 2.51. The van der Waals surface area contributed by atoms with E-state index >= 15 is 0 Å². The van der Waals surface area contributed by atoms with Gasteiger partial charge in [0.15, 0.2) is 0 Å². The first-order chi connectivity index (χ1) is 8.29. The predicted octanol–water partition coefficient (Wildman–Crippen LogP) is 3.98. The zero-order valence-electron chi connectivity index (χ0n) is 11.8. The summed E-state index contributed by atoms with van der Waals surface area (Å²) in [5.41, 5.74) is 7.65.